The summed E-state index contributed by atoms with van der Waals surface area (Å²) in [6, 6.07) is 11.9. The minimum Gasteiger partial charge on any atom is -0.496 e. The summed E-state index contributed by atoms with van der Waals surface area (Å²) < 4.78 is 16.1. The third kappa shape index (κ3) is 4.91. The van der Waals surface area contributed by atoms with E-state index in [1.165, 1.54) is 5.56 Å². The highest BCUT2D eigenvalue weighted by Crippen LogP contribution is 2.37. The number of carbonyl (C=O) groups excluding carboxylic acids is 1. The number of rotatable bonds is 10. The molecule has 1 atom stereocenters. The van der Waals surface area contributed by atoms with Crippen LogP contribution in [0.4, 0.5) is 0 Å². The average molecular weight is 398 g/mol. The van der Waals surface area contributed by atoms with E-state index in [2.05, 4.69) is 18.0 Å². The second-order valence-corrected chi connectivity index (χ2v) is 7.64. The molecule has 0 aromatic heterocycles. The third-order valence-electron chi connectivity index (χ3n) is 5.76. The van der Waals surface area contributed by atoms with Gasteiger partial charge in [0.05, 0.1) is 21.3 Å². The maximum Gasteiger partial charge on any atom is 0.166 e. The highest BCUT2D eigenvalue weighted by Gasteiger charge is 2.31. The van der Waals surface area contributed by atoms with Gasteiger partial charge in [0.2, 0.25) is 0 Å². The molecule has 0 saturated carbocycles. The van der Waals surface area contributed by atoms with Gasteiger partial charge in [0, 0.05) is 18.0 Å². The first-order chi connectivity index (χ1) is 14.1. The van der Waals surface area contributed by atoms with Crippen LogP contribution in [0, 0.1) is 5.92 Å². The number of likely N-dealkylation sites (N-methyl/N-ethyl adjacent to an activating group) is 1. The van der Waals surface area contributed by atoms with E-state index in [1.54, 1.807) is 21.3 Å². The third-order valence-corrected chi connectivity index (χ3v) is 5.76. The van der Waals surface area contributed by atoms with Gasteiger partial charge in [-0.25, -0.2) is 0 Å². The molecule has 0 N–H and O–H groups in total. The number of methoxy groups -OCH3 is 3. The van der Waals surface area contributed by atoms with Gasteiger partial charge < -0.3 is 19.1 Å². The molecule has 0 aliphatic heterocycles. The van der Waals surface area contributed by atoms with E-state index < -0.39 is 0 Å². The summed E-state index contributed by atoms with van der Waals surface area (Å²) in [5.74, 6) is 2.55. The fraction of sp³-hybridized carbons (Fsp3) is 0.458. The van der Waals surface area contributed by atoms with Gasteiger partial charge in [0.1, 0.15) is 5.75 Å². The predicted molar refractivity (Wildman–Crippen MR) is 114 cm³/mol. The van der Waals surface area contributed by atoms with E-state index in [1.807, 2.05) is 30.3 Å². The largest absolute Gasteiger partial charge is 0.496 e. The Bertz CT molecular complexity index is 849. The molecule has 2 aromatic rings. The second-order valence-electron chi connectivity index (χ2n) is 7.64. The number of carbonyl (C=O) groups is 1. The van der Waals surface area contributed by atoms with E-state index in [4.69, 9.17) is 14.2 Å². The second kappa shape index (κ2) is 9.79. The van der Waals surface area contributed by atoms with Crippen LogP contribution in [0.5, 0.6) is 17.2 Å². The minimum absolute atomic E-state index is 0.0597. The van der Waals surface area contributed by atoms with Crippen LogP contribution in [0.3, 0.4) is 0 Å². The molecule has 0 heterocycles. The number of fused-ring (bicyclic) bond motifs is 1. The Morgan fingerprint density at radius 1 is 0.966 bits per heavy atom. The van der Waals surface area contributed by atoms with E-state index >= 15 is 0 Å². The standard InChI is InChI=1S/C24H31NO4/c1-25(13-11-17-8-5-6-10-21(17)27-2)12-7-9-18-14-19-15-22(28-3)23(29-4)16-20(19)24(18)26/h5-6,8,10,15-16,18H,7,9,11-14H2,1-4H3. The maximum atomic E-state index is 12.8. The van der Waals surface area contributed by atoms with Crippen LogP contribution < -0.4 is 14.2 Å². The van der Waals surface area contributed by atoms with Gasteiger partial charge in [-0.1, -0.05) is 18.2 Å². The maximum absolute atomic E-state index is 12.8. The van der Waals surface area contributed by atoms with Crippen molar-refractivity contribution in [3.05, 3.63) is 53.1 Å². The Morgan fingerprint density at radius 2 is 1.66 bits per heavy atom. The van der Waals surface area contributed by atoms with Gasteiger partial charge in [-0.2, -0.15) is 0 Å². The van der Waals surface area contributed by atoms with Gasteiger partial charge >= 0.3 is 0 Å². The molecular weight excluding hydrogens is 366 g/mol. The van der Waals surface area contributed by atoms with Gasteiger partial charge in [0.15, 0.2) is 17.3 Å². The first-order valence-corrected chi connectivity index (χ1v) is 10.2. The number of Topliss-reactive ketones (excluding diaryl/α,β-unsaturated/α-hetero) is 1. The van der Waals surface area contributed by atoms with E-state index in [9.17, 15) is 4.79 Å². The van der Waals surface area contributed by atoms with Crippen molar-refractivity contribution in [3.8, 4) is 17.2 Å². The molecule has 3 rings (SSSR count). The lowest BCUT2D eigenvalue weighted by atomic mass is 9.99. The molecule has 1 aliphatic rings. The average Bonchev–Trinajstić information content (AvgIpc) is 3.06. The normalized spacial score (nSPS) is 15.5. The Labute approximate surface area is 173 Å². The molecule has 0 fully saturated rings. The summed E-state index contributed by atoms with van der Waals surface area (Å²) >= 11 is 0. The predicted octanol–water partition coefficient (Wildman–Crippen LogP) is 4.02. The summed E-state index contributed by atoms with van der Waals surface area (Å²) in [6.07, 6.45) is 3.64. The number of benzene rings is 2. The van der Waals surface area contributed by atoms with E-state index in [0.717, 1.165) is 55.6 Å². The van der Waals surface area contributed by atoms with Crippen molar-refractivity contribution in [1.82, 2.24) is 4.90 Å². The van der Waals surface area contributed by atoms with Gasteiger partial charge in [-0.15, -0.1) is 0 Å². The van der Waals surface area contributed by atoms with Crippen molar-refractivity contribution in [2.75, 3.05) is 41.5 Å². The monoisotopic (exact) mass is 397 g/mol. The van der Waals surface area contributed by atoms with Crippen LogP contribution in [0.15, 0.2) is 36.4 Å². The Morgan fingerprint density at radius 3 is 2.38 bits per heavy atom. The van der Waals surface area contributed by atoms with Crippen molar-refractivity contribution >= 4 is 5.78 Å². The fourth-order valence-corrected chi connectivity index (χ4v) is 4.07. The van der Waals surface area contributed by atoms with Crippen molar-refractivity contribution in [2.24, 2.45) is 5.92 Å². The summed E-state index contributed by atoms with van der Waals surface area (Å²) in [6.45, 7) is 1.94. The smallest absolute Gasteiger partial charge is 0.166 e. The van der Waals surface area contributed by atoms with Crippen molar-refractivity contribution in [3.63, 3.8) is 0 Å². The van der Waals surface area contributed by atoms with Crippen LogP contribution >= 0.6 is 0 Å². The first-order valence-electron chi connectivity index (χ1n) is 10.2. The molecule has 29 heavy (non-hydrogen) atoms. The van der Waals surface area contributed by atoms with Crippen LogP contribution in [-0.2, 0) is 12.8 Å². The zero-order chi connectivity index (χ0) is 20.8. The highest BCUT2D eigenvalue weighted by molar-refractivity contribution is 6.02. The van der Waals surface area contributed by atoms with Gasteiger partial charge in [-0.05, 0) is 68.6 Å². The fourth-order valence-electron chi connectivity index (χ4n) is 4.07. The Hall–Kier alpha value is -2.53. The van der Waals surface area contributed by atoms with Crippen LogP contribution in [0.2, 0.25) is 0 Å². The van der Waals surface area contributed by atoms with Crippen molar-refractivity contribution < 1.29 is 19.0 Å². The van der Waals surface area contributed by atoms with E-state index in [0.29, 0.717) is 11.5 Å². The number of hydrogen-bond acceptors (Lipinski definition) is 5. The summed E-state index contributed by atoms with van der Waals surface area (Å²) in [7, 11) is 7.07. The molecule has 1 unspecified atom stereocenters. The van der Waals surface area contributed by atoms with Crippen LogP contribution in [0.1, 0.15) is 34.3 Å². The minimum atomic E-state index is 0.0597. The zero-order valence-electron chi connectivity index (χ0n) is 17.9. The number of nitrogens with zero attached hydrogens (tertiary/aromatic N) is 1. The lowest BCUT2D eigenvalue weighted by Crippen LogP contribution is -2.23. The number of ketones is 1. The van der Waals surface area contributed by atoms with Gasteiger partial charge in [0.25, 0.3) is 0 Å². The number of para-hydroxylation sites is 1. The zero-order valence-corrected chi connectivity index (χ0v) is 17.9. The van der Waals surface area contributed by atoms with Crippen molar-refractivity contribution in [2.45, 2.75) is 25.7 Å². The number of hydrogen-bond donors (Lipinski definition) is 0. The molecule has 156 valence electrons. The quantitative estimate of drug-likeness (QED) is 0.606. The van der Waals surface area contributed by atoms with Crippen LogP contribution in [-0.4, -0.2) is 52.1 Å². The molecule has 2 aromatic carbocycles. The Kier molecular flexibility index (Phi) is 7.15. The molecular formula is C24H31NO4. The molecule has 0 spiro atoms. The first kappa shape index (κ1) is 21.2. The molecule has 0 bridgehead atoms. The topological polar surface area (TPSA) is 48.0 Å². The molecule has 5 nitrogen and oxygen atoms in total. The summed E-state index contributed by atoms with van der Waals surface area (Å²) in [5, 5.41) is 0. The summed E-state index contributed by atoms with van der Waals surface area (Å²) in [4.78, 5) is 15.1. The van der Waals surface area contributed by atoms with E-state index in [-0.39, 0.29) is 11.7 Å². The molecule has 0 amide bonds. The molecule has 0 saturated heterocycles. The Balaban J connectivity index is 1.48. The lowest BCUT2D eigenvalue weighted by molar-refractivity contribution is 0.0927. The van der Waals surface area contributed by atoms with Crippen molar-refractivity contribution in [1.29, 1.82) is 0 Å². The lowest BCUT2D eigenvalue weighted by Gasteiger charge is -2.18. The molecule has 5 heteroatoms. The SMILES string of the molecule is COc1ccccc1CCN(C)CCCC1Cc2cc(OC)c(OC)cc2C1=O. The highest BCUT2D eigenvalue weighted by atomic mass is 16.5. The summed E-state index contributed by atoms with van der Waals surface area (Å²) in [5.41, 5.74) is 3.09. The molecule has 1 aliphatic carbocycles. The van der Waals surface area contributed by atoms with Gasteiger partial charge in [-0.3, -0.25) is 4.79 Å². The number of ether oxygens (including phenoxy) is 3. The molecule has 0 radical (unpaired) electrons. The van der Waals surface area contributed by atoms with Crippen LogP contribution in [0.25, 0.3) is 0 Å².